The van der Waals surface area contributed by atoms with E-state index in [1.54, 1.807) is 6.20 Å². The Balaban J connectivity index is 2.69. The van der Waals surface area contributed by atoms with Crippen molar-refractivity contribution in [2.75, 3.05) is 7.11 Å². The molecule has 1 heterocycles. The van der Waals surface area contributed by atoms with Gasteiger partial charge in [0.25, 0.3) is 0 Å². The Hall–Kier alpha value is -1.66. The molecule has 1 atom stereocenters. The first kappa shape index (κ1) is 13.8. The number of fused-ring (bicyclic) bond motifs is 1. The highest BCUT2D eigenvalue weighted by Crippen LogP contribution is 2.28. The summed E-state index contributed by atoms with van der Waals surface area (Å²) in [5.74, 6) is -0.683. The number of nitrogens with two attached hydrogens (primary N) is 1. The average Bonchev–Trinajstić information content (AvgIpc) is 2.75. The third-order valence-corrected chi connectivity index (χ3v) is 3.42. The Labute approximate surface area is 118 Å². The van der Waals surface area contributed by atoms with Gasteiger partial charge in [0, 0.05) is 28.5 Å². The molecule has 5 nitrogen and oxygen atoms in total. The van der Waals surface area contributed by atoms with E-state index >= 15 is 0 Å². The van der Waals surface area contributed by atoms with Gasteiger partial charge < -0.3 is 10.5 Å². The van der Waals surface area contributed by atoms with Crippen LogP contribution in [0.1, 0.15) is 23.3 Å². The second kappa shape index (κ2) is 5.14. The van der Waals surface area contributed by atoms with Crippen LogP contribution in [0.15, 0.2) is 28.9 Å². The summed E-state index contributed by atoms with van der Waals surface area (Å²) in [5.41, 5.74) is 7.13. The van der Waals surface area contributed by atoms with Crippen molar-refractivity contribution in [2.45, 2.75) is 13.0 Å². The molecule has 0 aliphatic heterocycles. The van der Waals surface area contributed by atoms with Crippen LogP contribution in [0.4, 0.5) is 0 Å². The lowest BCUT2D eigenvalue weighted by Crippen LogP contribution is -2.22. The molecule has 1 aromatic heterocycles. The highest BCUT2D eigenvalue weighted by atomic mass is 79.9. The summed E-state index contributed by atoms with van der Waals surface area (Å²) in [6.45, 7) is 1.45. The molecule has 0 aliphatic carbocycles. The molecule has 0 amide bonds. The normalized spacial score (nSPS) is 12.4. The van der Waals surface area contributed by atoms with E-state index in [4.69, 9.17) is 5.73 Å². The lowest BCUT2D eigenvalue weighted by molar-refractivity contribution is -0.142. The predicted octanol–water partition coefficient (Wildman–Crippen LogP) is 2.24. The number of carbonyl (C=O) groups is 2. The number of esters is 1. The molecule has 0 aliphatic rings. The van der Waals surface area contributed by atoms with Gasteiger partial charge in [0.2, 0.25) is 5.91 Å². The van der Waals surface area contributed by atoms with E-state index in [2.05, 4.69) is 20.7 Å². The Morgan fingerprint density at radius 1 is 1.42 bits per heavy atom. The van der Waals surface area contributed by atoms with Gasteiger partial charge in [0.05, 0.1) is 12.6 Å². The fourth-order valence-electron chi connectivity index (χ4n) is 1.99. The number of ether oxygens (including phenoxy) is 1. The number of methoxy groups -OCH3 is 1. The number of aromatic nitrogens is 1. The van der Waals surface area contributed by atoms with Gasteiger partial charge in [-0.25, -0.2) is 0 Å². The van der Waals surface area contributed by atoms with Crippen LogP contribution >= 0.6 is 15.9 Å². The number of halogens is 1. The maximum absolute atomic E-state index is 11.6. The molecular weight excluding hydrogens is 312 g/mol. The van der Waals surface area contributed by atoms with Crippen LogP contribution in [0.2, 0.25) is 0 Å². The summed E-state index contributed by atoms with van der Waals surface area (Å²) < 4.78 is 6.96. The van der Waals surface area contributed by atoms with E-state index in [9.17, 15) is 9.59 Å². The smallest absolute Gasteiger partial charge is 0.327 e. The van der Waals surface area contributed by atoms with Crippen molar-refractivity contribution in [3.8, 4) is 0 Å². The summed E-state index contributed by atoms with van der Waals surface area (Å²) in [6, 6.07) is 4.55. The van der Waals surface area contributed by atoms with Gasteiger partial charge in [0.15, 0.2) is 0 Å². The summed E-state index contributed by atoms with van der Waals surface area (Å²) >= 11 is 3.36. The molecule has 0 radical (unpaired) electrons. The lowest BCUT2D eigenvalue weighted by Gasteiger charge is -2.07. The third kappa shape index (κ3) is 2.41. The third-order valence-electron chi connectivity index (χ3n) is 2.93. The average molecular weight is 325 g/mol. The van der Waals surface area contributed by atoms with Crippen molar-refractivity contribution in [3.05, 3.63) is 34.4 Å². The van der Waals surface area contributed by atoms with Crippen LogP contribution in [0, 0.1) is 0 Å². The fourth-order valence-corrected chi connectivity index (χ4v) is 2.34. The van der Waals surface area contributed by atoms with Gasteiger partial charge in [-0.2, -0.15) is 0 Å². The van der Waals surface area contributed by atoms with Gasteiger partial charge in [-0.3, -0.25) is 14.2 Å². The zero-order chi connectivity index (χ0) is 14.2. The van der Waals surface area contributed by atoms with Crippen molar-refractivity contribution in [2.24, 2.45) is 5.73 Å². The molecule has 2 N–H and O–H groups in total. The second-order valence-corrected chi connectivity index (χ2v) is 5.05. The largest absolute Gasteiger partial charge is 0.468 e. The van der Waals surface area contributed by atoms with Crippen LogP contribution in [0.3, 0.4) is 0 Å². The maximum Gasteiger partial charge on any atom is 0.327 e. The zero-order valence-corrected chi connectivity index (χ0v) is 12.1. The van der Waals surface area contributed by atoms with E-state index in [1.165, 1.54) is 18.6 Å². The number of hydrogen-bond donors (Lipinski definition) is 1. The van der Waals surface area contributed by atoms with E-state index in [0.717, 1.165) is 9.86 Å². The Bertz CT molecular complexity index is 663. The molecule has 6 heteroatoms. The number of benzene rings is 1. The van der Waals surface area contributed by atoms with Crippen LogP contribution in [-0.2, 0) is 9.53 Å². The first-order valence-electron chi connectivity index (χ1n) is 5.60. The first-order valence-corrected chi connectivity index (χ1v) is 6.40. The quantitative estimate of drug-likeness (QED) is 0.860. The molecule has 0 bridgehead atoms. The van der Waals surface area contributed by atoms with Crippen LogP contribution < -0.4 is 5.73 Å². The molecule has 2 aromatic rings. The van der Waals surface area contributed by atoms with Gasteiger partial charge in [0.1, 0.15) is 6.04 Å². The maximum atomic E-state index is 11.6. The highest BCUT2D eigenvalue weighted by Gasteiger charge is 2.22. The second-order valence-electron chi connectivity index (χ2n) is 4.14. The van der Waals surface area contributed by atoms with Gasteiger partial charge in [-0.15, -0.1) is 0 Å². The fraction of sp³-hybridized carbons (Fsp3) is 0.231. The number of hydrogen-bond acceptors (Lipinski definition) is 4. The molecule has 0 spiro atoms. The molecule has 0 unspecified atom stereocenters. The Morgan fingerprint density at radius 2 is 2.11 bits per heavy atom. The molecule has 19 heavy (non-hydrogen) atoms. The van der Waals surface area contributed by atoms with E-state index in [-0.39, 0.29) is 5.91 Å². The Kier molecular flexibility index (Phi) is 3.73. The van der Waals surface area contributed by atoms with Crippen molar-refractivity contribution in [3.63, 3.8) is 0 Å². The number of carbonyl (C=O) groups excluding carboxylic acids is 2. The topological polar surface area (TPSA) is 74.3 Å². The molecule has 0 saturated carbocycles. The molecule has 100 valence electrons. The summed E-state index contributed by atoms with van der Waals surface area (Å²) in [5, 5.41) is 0.760. The van der Waals surface area contributed by atoms with E-state index in [0.29, 0.717) is 11.1 Å². The predicted molar refractivity (Wildman–Crippen MR) is 74.9 cm³/mol. The molecule has 0 saturated heterocycles. The minimum Gasteiger partial charge on any atom is -0.468 e. The standard InChI is InChI=1S/C13H13BrN2O3/c1-7(17)16-6-10(12(15)13(18)19-2)9-4-3-8(14)5-11(9)16/h3-6,12H,15H2,1-2H3/t12-/m0/s1. The van der Waals surface area contributed by atoms with Crippen molar-refractivity contribution in [1.29, 1.82) is 0 Å². The minimum atomic E-state index is -0.908. The zero-order valence-electron chi connectivity index (χ0n) is 10.5. The first-order chi connectivity index (χ1) is 8.95. The molecule has 0 fully saturated rings. The highest BCUT2D eigenvalue weighted by molar-refractivity contribution is 9.10. The summed E-state index contributed by atoms with van der Waals surface area (Å²) in [6.07, 6.45) is 1.58. The minimum absolute atomic E-state index is 0.147. The number of nitrogens with zero attached hydrogens (tertiary/aromatic N) is 1. The van der Waals surface area contributed by atoms with Gasteiger partial charge in [-0.05, 0) is 12.1 Å². The molecule has 1 aromatic carbocycles. The number of rotatable bonds is 2. The Morgan fingerprint density at radius 3 is 2.68 bits per heavy atom. The molecule has 2 rings (SSSR count). The summed E-state index contributed by atoms with van der Waals surface area (Å²) in [4.78, 5) is 23.2. The lowest BCUT2D eigenvalue weighted by atomic mass is 10.1. The van der Waals surface area contributed by atoms with E-state index in [1.807, 2.05) is 18.2 Å². The van der Waals surface area contributed by atoms with Crippen molar-refractivity contribution >= 4 is 38.7 Å². The summed E-state index contributed by atoms with van der Waals surface area (Å²) in [7, 11) is 1.28. The van der Waals surface area contributed by atoms with Crippen molar-refractivity contribution < 1.29 is 14.3 Å². The molecular formula is C13H13BrN2O3. The van der Waals surface area contributed by atoms with Gasteiger partial charge in [-0.1, -0.05) is 22.0 Å². The van der Waals surface area contributed by atoms with E-state index < -0.39 is 12.0 Å². The van der Waals surface area contributed by atoms with Crippen LogP contribution in [-0.4, -0.2) is 23.6 Å². The van der Waals surface area contributed by atoms with Crippen LogP contribution in [0.5, 0.6) is 0 Å². The monoisotopic (exact) mass is 324 g/mol. The van der Waals surface area contributed by atoms with Crippen LogP contribution in [0.25, 0.3) is 10.9 Å². The van der Waals surface area contributed by atoms with Gasteiger partial charge >= 0.3 is 5.97 Å². The SMILES string of the molecule is COC(=O)[C@@H](N)c1cn(C(C)=O)c2cc(Br)ccc12. The van der Waals surface area contributed by atoms with Crippen molar-refractivity contribution in [1.82, 2.24) is 4.57 Å².